The van der Waals surface area contributed by atoms with E-state index in [1.165, 1.54) is 0 Å². The molecule has 5 heteroatoms. The lowest BCUT2D eigenvalue weighted by Crippen LogP contribution is -2.22. The summed E-state index contributed by atoms with van der Waals surface area (Å²) in [5, 5.41) is 7.50. The van der Waals surface area contributed by atoms with Crippen LogP contribution in [0.25, 0.3) is 0 Å². The van der Waals surface area contributed by atoms with Gasteiger partial charge in [0.2, 0.25) is 0 Å². The summed E-state index contributed by atoms with van der Waals surface area (Å²) in [7, 11) is 0. The van der Waals surface area contributed by atoms with Gasteiger partial charge in [0.25, 0.3) is 0 Å². The molecule has 1 aromatic rings. The molecule has 1 atom stereocenters. The molecule has 1 unspecified atom stereocenters. The lowest BCUT2D eigenvalue weighted by atomic mass is 10.2. The van der Waals surface area contributed by atoms with Crippen molar-refractivity contribution < 1.29 is 4.74 Å². The Morgan fingerprint density at radius 3 is 3.06 bits per heavy atom. The van der Waals surface area contributed by atoms with Crippen LogP contribution < -0.4 is 15.4 Å². The maximum atomic E-state index is 6.07. The average Bonchev–Trinajstić information content (AvgIpc) is 2.76. The zero-order valence-corrected chi connectivity index (χ0v) is 12.1. The predicted molar refractivity (Wildman–Crippen MR) is 75.2 cm³/mol. The highest BCUT2D eigenvalue weighted by Crippen LogP contribution is 2.37. The van der Waals surface area contributed by atoms with Crippen LogP contribution in [0, 0.1) is 0 Å². The third kappa shape index (κ3) is 3.27. The van der Waals surface area contributed by atoms with Gasteiger partial charge >= 0.3 is 0 Å². The van der Waals surface area contributed by atoms with Crippen molar-refractivity contribution in [2.45, 2.75) is 19.4 Å². The van der Waals surface area contributed by atoms with Crippen LogP contribution in [0.15, 0.2) is 16.6 Å². The Labute approximate surface area is 115 Å². The molecule has 0 bridgehead atoms. The fourth-order valence-corrected chi connectivity index (χ4v) is 2.88. The average molecular weight is 320 g/mol. The molecule has 0 amide bonds. The Balaban J connectivity index is 2.22. The minimum Gasteiger partial charge on any atom is -0.491 e. The number of halogens is 2. The normalized spacial score (nSPS) is 19.4. The monoisotopic (exact) mass is 318 g/mol. The fraction of sp³-hybridized carbons (Fsp3) is 0.500. The second kappa shape index (κ2) is 5.94. The molecule has 1 fully saturated rings. The number of hydrogen-bond donors (Lipinski definition) is 2. The van der Waals surface area contributed by atoms with Crippen LogP contribution in [-0.2, 0) is 0 Å². The maximum absolute atomic E-state index is 6.07. The van der Waals surface area contributed by atoms with Crippen LogP contribution in [-0.4, -0.2) is 25.7 Å². The van der Waals surface area contributed by atoms with E-state index in [2.05, 4.69) is 26.6 Å². The first-order valence-electron chi connectivity index (χ1n) is 5.79. The molecule has 0 aliphatic carbocycles. The molecule has 0 radical (unpaired) electrons. The van der Waals surface area contributed by atoms with Crippen molar-refractivity contribution >= 4 is 33.2 Å². The van der Waals surface area contributed by atoms with E-state index in [-0.39, 0.29) is 0 Å². The number of ether oxygens (including phenoxy) is 1. The minimum atomic E-state index is 0.444. The molecular weight excluding hydrogens is 304 g/mol. The summed E-state index contributed by atoms with van der Waals surface area (Å²) >= 11 is 9.55. The molecule has 94 valence electrons. The third-order valence-electron chi connectivity index (χ3n) is 2.72. The lowest BCUT2D eigenvalue weighted by molar-refractivity contribution is 0.339. The Hall–Kier alpha value is -0.450. The van der Waals surface area contributed by atoms with Gasteiger partial charge in [-0.3, -0.25) is 0 Å². The van der Waals surface area contributed by atoms with Crippen LogP contribution in [0.1, 0.15) is 13.3 Å². The van der Waals surface area contributed by atoms with Gasteiger partial charge in [-0.1, -0.05) is 11.6 Å². The van der Waals surface area contributed by atoms with E-state index >= 15 is 0 Å². The highest BCUT2D eigenvalue weighted by Gasteiger charge is 2.17. The molecule has 0 aromatic heterocycles. The quantitative estimate of drug-likeness (QED) is 0.893. The van der Waals surface area contributed by atoms with E-state index in [9.17, 15) is 0 Å². The van der Waals surface area contributed by atoms with Crippen LogP contribution in [0.3, 0.4) is 0 Å². The number of hydrogen-bond acceptors (Lipinski definition) is 3. The Morgan fingerprint density at radius 2 is 2.41 bits per heavy atom. The molecule has 1 aliphatic heterocycles. The topological polar surface area (TPSA) is 33.3 Å². The summed E-state index contributed by atoms with van der Waals surface area (Å²) in [6.07, 6.45) is 1.12. The summed E-state index contributed by atoms with van der Waals surface area (Å²) < 4.78 is 6.53. The molecule has 3 nitrogen and oxygen atoms in total. The van der Waals surface area contributed by atoms with Gasteiger partial charge in [-0.25, -0.2) is 0 Å². The summed E-state index contributed by atoms with van der Waals surface area (Å²) in [5.41, 5.74) is 0.958. The van der Waals surface area contributed by atoms with Crippen LogP contribution >= 0.6 is 27.5 Å². The maximum Gasteiger partial charge on any atom is 0.156 e. The van der Waals surface area contributed by atoms with Crippen molar-refractivity contribution in [3.05, 3.63) is 21.6 Å². The standard InChI is InChI=1S/C12H16BrClN2O/c1-2-17-12-10(13)5-8(14)6-11(12)16-9-3-4-15-7-9/h5-6,9,15-16H,2-4,7H2,1H3. The molecule has 2 rings (SSSR count). The molecule has 1 heterocycles. The molecule has 1 saturated heterocycles. The highest BCUT2D eigenvalue weighted by molar-refractivity contribution is 9.10. The van der Waals surface area contributed by atoms with E-state index in [0.717, 1.165) is 35.4 Å². The minimum absolute atomic E-state index is 0.444. The lowest BCUT2D eigenvalue weighted by Gasteiger charge is -2.18. The summed E-state index contributed by atoms with van der Waals surface area (Å²) in [5.74, 6) is 0.837. The first-order valence-corrected chi connectivity index (χ1v) is 6.97. The Bertz CT molecular complexity index is 394. The molecule has 0 saturated carbocycles. The van der Waals surface area contributed by atoms with Crippen molar-refractivity contribution in [3.63, 3.8) is 0 Å². The van der Waals surface area contributed by atoms with E-state index in [4.69, 9.17) is 16.3 Å². The first kappa shape index (κ1) is 13.0. The fourth-order valence-electron chi connectivity index (χ4n) is 1.96. The second-order valence-electron chi connectivity index (χ2n) is 4.03. The Morgan fingerprint density at radius 1 is 1.59 bits per heavy atom. The smallest absolute Gasteiger partial charge is 0.156 e. The molecular formula is C12H16BrClN2O. The van der Waals surface area contributed by atoms with Gasteiger partial charge in [0, 0.05) is 17.6 Å². The van der Waals surface area contributed by atoms with Crippen molar-refractivity contribution in [2.24, 2.45) is 0 Å². The number of benzene rings is 1. The van der Waals surface area contributed by atoms with E-state index in [1.807, 2.05) is 19.1 Å². The molecule has 2 N–H and O–H groups in total. The van der Waals surface area contributed by atoms with E-state index in [0.29, 0.717) is 17.7 Å². The Kier molecular flexibility index (Phi) is 4.54. The van der Waals surface area contributed by atoms with Crippen LogP contribution in [0.4, 0.5) is 5.69 Å². The van der Waals surface area contributed by atoms with Crippen molar-refractivity contribution in [3.8, 4) is 5.75 Å². The summed E-state index contributed by atoms with van der Waals surface area (Å²) in [6, 6.07) is 4.21. The van der Waals surface area contributed by atoms with Gasteiger partial charge in [0.1, 0.15) is 0 Å². The van der Waals surface area contributed by atoms with Crippen molar-refractivity contribution in [1.29, 1.82) is 0 Å². The van der Waals surface area contributed by atoms with Crippen molar-refractivity contribution in [2.75, 3.05) is 25.0 Å². The van der Waals surface area contributed by atoms with Crippen LogP contribution in [0.5, 0.6) is 5.75 Å². The summed E-state index contributed by atoms with van der Waals surface area (Å²) in [4.78, 5) is 0. The molecule has 1 aliphatic rings. The van der Waals surface area contributed by atoms with Gasteiger partial charge in [-0.2, -0.15) is 0 Å². The first-order chi connectivity index (χ1) is 8.20. The molecule has 1 aromatic carbocycles. The van der Waals surface area contributed by atoms with Gasteiger partial charge in [-0.15, -0.1) is 0 Å². The van der Waals surface area contributed by atoms with E-state index in [1.54, 1.807) is 0 Å². The van der Waals surface area contributed by atoms with E-state index < -0.39 is 0 Å². The van der Waals surface area contributed by atoms with Gasteiger partial charge in [0.05, 0.1) is 16.8 Å². The SMILES string of the molecule is CCOc1c(Br)cc(Cl)cc1NC1CCNC1. The number of anilines is 1. The molecule has 17 heavy (non-hydrogen) atoms. The summed E-state index contributed by atoms with van der Waals surface area (Å²) in [6.45, 7) is 4.65. The van der Waals surface area contributed by atoms with Gasteiger partial charge in [0.15, 0.2) is 5.75 Å². The zero-order valence-electron chi connectivity index (χ0n) is 9.72. The van der Waals surface area contributed by atoms with Crippen LogP contribution in [0.2, 0.25) is 5.02 Å². The third-order valence-corrected chi connectivity index (χ3v) is 3.52. The van der Waals surface area contributed by atoms with Crippen molar-refractivity contribution in [1.82, 2.24) is 5.32 Å². The second-order valence-corrected chi connectivity index (χ2v) is 5.32. The highest BCUT2D eigenvalue weighted by atomic mass is 79.9. The number of rotatable bonds is 4. The van der Waals surface area contributed by atoms with Gasteiger partial charge < -0.3 is 15.4 Å². The zero-order chi connectivity index (χ0) is 12.3. The molecule has 0 spiro atoms. The van der Waals surface area contributed by atoms with Gasteiger partial charge in [-0.05, 0) is 48.0 Å². The largest absolute Gasteiger partial charge is 0.491 e. The predicted octanol–water partition coefficient (Wildman–Crippen LogP) is 3.28. The number of nitrogens with one attached hydrogen (secondary N) is 2.